The van der Waals surface area contributed by atoms with Crippen molar-refractivity contribution < 1.29 is 22.3 Å². The maximum absolute atomic E-state index is 13.0. The van der Waals surface area contributed by atoms with E-state index in [0.717, 1.165) is 5.75 Å². The van der Waals surface area contributed by atoms with Crippen LogP contribution in [-0.2, 0) is 20.6 Å². The fourth-order valence-corrected chi connectivity index (χ4v) is 4.95. The summed E-state index contributed by atoms with van der Waals surface area (Å²) >= 11 is 0. The molecule has 2 aromatic rings. The van der Waals surface area contributed by atoms with Gasteiger partial charge in [-0.1, -0.05) is 12.1 Å². The highest BCUT2D eigenvalue weighted by atomic mass is 32.2. The third kappa shape index (κ3) is 5.77. The molecule has 1 N–H and O–H groups in total. The Hall–Kier alpha value is -2.45. The van der Waals surface area contributed by atoms with Gasteiger partial charge < -0.3 is 10.1 Å². The van der Waals surface area contributed by atoms with Crippen LogP contribution in [0.1, 0.15) is 25.3 Å². The zero-order chi connectivity index (χ0) is 20.9. The Bertz CT molecular complexity index is 930. The molecule has 1 heterocycles. The first-order valence-corrected chi connectivity index (χ1v) is 11.2. The van der Waals surface area contributed by atoms with E-state index in [1.54, 1.807) is 24.3 Å². The number of benzene rings is 2. The van der Waals surface area contributed by atoms with Crippen LogP contribution in [0.15, 0.2) is 48.5 Å². The maximum Gasteiger partial charge on any atom is 0.228 e. The highest BCUT2D eigenvalue weighted by Gasteiger charge is 2.32. The van der Waals surface area contributed by atoms with Crippen molar-refractivity contribution >= 4 is 21.6 Å². The minimum absolute atomic E-state index is 0.145. The first-order chi connectivity index (χ1) is 13.9. The van der Waals surface area contributed by atoms with Crippen LogP contribution in [0.25, 0.3) is 0 Å². The minimum Gasteiger partial charge on any atom is -0.494 e. The van der Waals surface area contributed by atoms with Crippen molar-refractivity contribution in [3.63, 3.8) is 0 Å². The van der Waals surface area contributed by atoms with E-state index in [1.165, 1.54) is 28.6 Å². The van der Waals surface area contributed by atoms with E-state index in [1.807, 2.05) is 6.92 Å². The summed E-state index contributed by atoms with van der Waals surface area (Å²) in [5.74, 6) is -0.508. The van der Waals surface area contributed by atoms with Crippen LogP contribution in [0.4, 0.5) is 10.1 Å². The molecule has 1 aliphatic rings. The lowest BCUT2D eigenvalue weighted by molar-refractivity contribution is -0.120. The van der Waals surface area contributed by atoms with Gasteiger partial charge in [-0.3, -0.25) is 4.79 Å². The zero-order valence-corrected chi connectivity index (χ0v) is 17.1. The lowest BCUT2D eigenvalue weighted by Gasteiger charge is -2.31. The van der Waals surface area contributed by atoms with Gasteiger partial charge in [-0.05, 0) is 61.7 Å². The smallest absolute Gasteiger partial charge is 0.228 e. The lowest BCUT2D eigenvalue weighted by Crippen LogP contribution is -2.44. The molecule has 0 aliphatic carbocycles. The fraction of sp³-hybridized carbons (Fsp3) is 0.381. The molecule has 0 aromatic heterocycles. The number of nitrogens with one attached hydrogen (secondary N) is 1. The molecule has 3 rings (SSSR count). The highest BCUT2D eigenvalue weighted by molar-refractivity contribution is 7.88. The first-order valence-electron chi connectivity index (χ1n) is 9.63. The second-order valence-corrected chi connectivity index (χ2v) is 9.00. The summed E-state index contributed by atoms with van der Waals surface area (Å²) in [5.41, 5.74) is 1.16. The number of anilines is 1. The molecule has 8 heteroatoms. The number of halogens is 1. The highest BCUT2D eigenvalue weighted by Crippen LogP contribution is 2.23. The topological polar surface area (TPSA) is 75.7 Å². The van der Waals surface area contributed by atoms with Gasteiger partial charge in [-0.15, -0.1) is 0 Å². The van der Waals surface area contributed by atoms with Crippen molar-refractivity contribution in [1.29, 1.82) is 0 Å². The number of sulfonamides is 1. The first kappa shape index (κ1) is 21.3. The zero-order valence-electron chi connectivity index (χ0n) is 16.3. The van der Waals surface area contributed by atoms with E-state index in [2.05, 4.69) is 5.32 Å². The quantitative estimate of drug-likeness (QED) is 0.745. The Labute approximate surface area is 170 Å². The summed E-state index contributed by atoms with van der Waals surface area (Å²) in [7, 11) is -3.59. The van der Waals surface area contributed by atoms with Crippen LogP contribution in [0.3, 0.4) is 0 Å². The molecule has 0 radical (unpaired) electrons. The molecule has 0 saturated carbocycles. The Morgan fingerprint density at radius 3 is 2.52 bits per heavy atom. The molecule has 1 atom stereocenters. The summed E-state index contributed by atoms with van der Waals surface area (Å²) < 4.78 is 45.3. The van der Waals surface area contributed by atoms with E-state index in [-0.39, 0.29) is 18.2 Å². The molecular formula is C21H25FN2O4S. The van der Waals surface area contributed by atoms with Crippen molar-refractivity contribution in [2.75, 3.05) is 25.0 Å². The van der Waals surface area contributed by atoms with Gasteiger partial charge in [0.05, 0.1) is 18.3 Å². The number of amides is 1. The molecule has 1 amide bonds. The number of carbonyl (C=O) groups excluding carboxylic acids is 1. The van der Waals surface area contributed by atoms with Crippen LogP contribution < -0.4 is 10.1 Å². The number of carbonyl (C=O) groups is 1. The van der Waals surface area contributed by atoms with Crippen LogP contribution in [0.2, 0.25) is 0 Å². The van der Waals surface area contributed by atoms with Crippen molar-refractivity contribution in [1.82, 2.24) is 4.31 Å². The van der Waals surface area contributed by atoms with Crippen LogP contribution in [0, 0.1) is 11.7 Å². The Morgan fingerprint density at radius 1 is 1.17 bits per heavy atom. The molecule has 2 aromatic carbocycles. The molecular weight excluding hydrogens is 395 g/mol. The number of piperidine rings is 1. The summed E-state index contributed by atoms with van der Waals surface area (Å²) in [5, 5.41) is 2.85. The Kier molecular flexibility index (Phi) is 6.87. The second-order valence-electron chi connectivity index (χ2n) is 7.03. The third-order valence-corrected chi connectivity index (χ3v) is 6.66. The van der Waals surface area contributed by atoms with Gasteiger partial charge in [-0.2, -0.15) is 0 Å². The molecule has 0 bridgehead atoms. The van der Waals surface area contributed by atoms with E-state index < -0.39 is 21.8 Å². The number of ether oxygens (including phenoxy) is 1. The number of hydrogen-bond donors (Lipinski definition) is 1. The van der Waals surface area contributed by atoms with E-state index >= 15 is 0 Å². The Morgan fingerprint density at radius 2 is 1.86 bits per heavy atom. The molecule has 29 heavy (non-hydrogen) atoms. The largest absolute Gasteiger partial charge is 0.494 e. The van der Waals surface area contributed by atoms with Gasteiger partial charge in [0.2, 0.25) is 15.9 Å². The van der Waals surface area contributed by atoms with Crippen molar-refractivity contribution in [3.05, 3.63) is 59.9 Å². The average Bonchev–Trinajstić information content (AvgIpc) is 2.71. The third-order valence-electron chi connectivity index (χ3n) is 4.84. The van der Waals surface area contributed by atoms with Gasteiger partial charge in [0, 0.05) is 18.8 Å². The molecule has 1 aliphatic heterocycles. The van der Waals surface area contributed by atoms with E-state index in [0.29, 0.717) is 37.2 Å². The van der Waals surface area contributed by atoms with E-state index in [9.17, 15) is 17.6 Å². The normalized spacial score (nSPS) is 17.7. The number of nitrogens with zero attached hydrogens (tertiary/aromatic N) is 1. The second kappa shape index (κ2) is 9.37. The van der Waals surface area contributed by atoms with E-state index in [4.69, 9.17) is 4.74 Å². The summed E-state index contributed by atoms with van der Waals surface area (Å²) in [6, 6.07) is 12.5. The van der Waals surface area contributed by atoms with Crippen molar-refractivity contribution in [2.24, 2.45) is 5.92 Å². The van der Waals surface area contributed by atoms with Crippen LogP contribution in [0.5, 0.6) is 5.75 Å². The van der Waals surface area contributed by atoms with Crippen LogP contribution >= 0.6 is 0 Å². The predicted octanol–water partition coefficient (Wildman–Crippen LogP) is 3.40. The van der Waals surface area contributed by atoms with Gasteiger partial charge in [0.25, 0.3) is 0 Å². The fourth-order valence-electron chi connectivity index (χ4n) is 3.34. The molecule has 6 nitrogen and oxygen atoms in total. The summed E-state index contributed by atoms with van der Waals surface area (Å²) in [6.45, 7) is 2.99. The van der Waals surface area contributed by atoms with Crippen LogP contribution in [-0.4, -0.2) is 38.3 Å². The molecule has 0 unspecified atom stereocenters. The predicted molar refractivity (Wildman–Crippen MR) is 110 cm³/mol. The van der Waals surface area contributed by atoms with Crippen molar-refractivity contribution in [2.45, 2.75) is 25.5 Å². The number of hydrogen-bond acceptors (Lipinski definition) is 4. The Balaban J connectivity index is 1.61. The summed E-state index contributed by atoms with van der Waals surface area (Å²) in [6.07, 6.45) is 1.25. The lowest BCUT2D eigenvalue weighted by atomic mass is 9.99. The van der Waals surface area contributed by atoms with Gasteiger partial charge in [0.1, 0.15) is 11.6 Å². The van der Waals surface area contributed by atoms with Gasteiger partial charge >= 0.3 is 0 Å². The minimum atomic E-state index is -3.59. The van der Waals surface area contributed by atoms with Crippen molar-refractivity contribution in [3.8, 4) is 5.75 Å². The van der Waals surface area contributed by atoms with Gasteiger partial charge in [-0.25, -0.2) is 17.1 Å². The van der Waals surface area contributed by atoms with Gasteiger partial charge in [0.15, 0.2) is 0 Å². The molecule has 1 saturated heterocycles. The monoisotopic (exact) mass is 420 g/mol. The molecule has 1 fully saturated rings. The summed E-state index contributed by atoms with van der Waals surface area (Å²) in [4.78, 5) is 12.6. The number of rotatable bonds is 7. The maximum atomic E-state index is 13.0. The molecule has 0 spiro atoms. The standard InChI is InChI=1S/C21H25FN2O4S/c1-2-28-20-11-9-19(10-12-20)23-21(25)17-4-3-13-24(14-17)29(26,27)15-16-5-7-18(22)8-6-16/h5-12,17H,2-4,13-15H2,1H3,(H,23,25)/t17-/m1/s1. The SMILES string of the molecule is CCOc1ccc(NC(=O)[C@@H]2CCCN(S(=O)(=O)Cc3ccc(F)cc3)C2)cc1. The average molecular weight is 421 g/mol. The molecule has 156 valence electrons.